The zero-order valence-electron chi connectivity index (χ0n) is 23.6. The molecule has 9 heteroatoms. The molecule has 40 heavy (non-hydrogen) atoms. The molecule has 0 amide bonds. The van der Waals surface area contributed by atoms with Crippen LogP contribution in [-0.4, -0.2) is 23.3 Å². The van der Waals surface area contributed by atoms with E-state index >= 15 is 0 Å². The predicted molar refractivity (Wildman–Crippen MR) is 170 cm³/mol. The number of pyridine rings is 1. The Morgan fingerprint density at radius 1 is 0.850 bits per heavy atom. The van der Waals surface area contributed by atoms with Gasteiger partial charge in [0.2, 0.25) is 0 Å². The third-order valence-electron chi connectivity index (χ3n) is 7.11. The van der Waals surface area contributed by atoms with Gasteiger partial charge in [-0.3, -0.25) is 10.1 Å². The van der Waals surface area contributed by atoms with Gasteiger partial charge in [-0.1, -0.05) is 81.4 Å². The van der Waals surface area contributed by atoms with Crippen LogP contribution in [-0.2, 0) is 0 Å². The third kappa shape index (κ3) is 5.75. The number of nitro benzene ring substituents is 1. The summed E-state index contributed by atoms with van der Waals surface area (Å²) in [5, 5.41) is 19.7. The van der Waals surface area contributed by atoms with E-state index in [1.54, 1.807) is 12.1 Å². The van der Waals surface area contributed by atoms with Gasteiger partial charge >= 0.3 is 8.32 Å². The Balaban J connectivity index is 1.71. The second-order valence-corrected chi connectivity index (χ2v) is 15.4. The number of aryl methyl sites for hydroxylation is 1. The molecule has 0 radical (unpaired) electrons. The smallest absolute Gasteiger partial charge is 0.320 e. The normalized spacial score (nSPS) is 11.6. The molecule has 1 heterocycles. The molecule has 0 fully saturated rings. The van der Waals surface area contributed by atoms with Gasteiger partial charge in [-0.05, 0) is 71.7 Å². The molecule has 0 atom stereocenters. The van der Waals surface area contributed by atoms with E-state index in [-0.39, 0.29) is 10.7 Å². The van der Waals surface area contributed by atoms with Crippen molar-refractivity contribution in [2.75, 3.05) is 10.6 Å². The Bertz CT molecular complexity index is 1480. The number of anilines is 2. The number of hydrogen-bond acceptors (Lipinski definition) is 5. The molecular formula is C31H34N4O3SSi. The van der Waals surface area contributed by atoms with Gasteiger partial charge in [0, 0.05) is 17.8 Å². The molecule has 4 aromatic rings. The van der Waals surface area contributed by atoms with Crippen molar-refractivity contribution in [2.24, 2.45) is 0 Å². The largest absolute Gasteiger partial charge is 0.533 e. The van der Waals surface area contributed by atoms with Crippen LogP contribution in [0.25, 0.3) is 0 Å². The predicted octanol–water partition coefficient (Wildman–Crippen LogP) is 6.66. The van der Waals surface area contributed by atoms with E-state index in [0.717, 1.165) is 22.6 Å². The van der Waals surface area contributed by atoms with E-state index in [1.807, 2.05) is 26.0 Å². The van der Waals surface area contributed by atoms with Crippen LogP contribution in [0.2, 0.25) is 5.04 Å². The van der Waals surface area contributed by atoms with Gasteiger partial charge in [0.25, 0.3) is 5.69 Å². The molecule has 4 rings (SSSR count). The highest BCUT2D eigenvalue weighted by Crippen LogP contribution is 2.40. The Labute approximate surface area is 241 Å². The Kier molecular flexibility index (Phi) is 8.36. The maximum absolute atomic E-state index is 10.9. The van der Waals surface area contributed by atoms with Gasteiger partial charge in [-0.25, -0.2) is 4.98 Å². The maximum Gasteiger partial charge on any atom is 0.320 e. The van der Waals surface area contributed by atoms with Gasteiger partial charge in [0.05, 0.1) is 10.6 Å². The third-order valence-corrected chi connectivity index (χ3v) is 12.2. The first-order valence-corrected chi connectivity index (χ1v) is 15.4. The zero-order chi connectivity index (χ0) is 29.1. The summed E-state index contributed by atoms with van der Waals surface area (Å²) in [6.45, 7) is 12.8. The highest BCUT2D eigenvalue weighted by atomic mass is 32.1. The number of thiocarbonyl (C=S) groups is 1. The molecule has 2 N–H and O–H groups in total. The first-order valence-electron chi connectivity index (χ1n) is 13.0. The lowest BCUT2D eigenvalue weighted by molar-refractivity contribution is -0.384. The van der Waals surface area contributed by atoms with Crippen molar-refractivity contribution in [2.45, 2.75) is 46.6 Å². The number of rotatable bonds is 7. The van der Waals surface area contributed by atoms with Crippen LogP contribution in [0, 0.1) is 30.9 Å². The fourth-order valence-electron chi connectivity index (χ4n) is 4.93. The fraction of sp³-hybridized carbons (Fsp3) is 0.226. The van der Waals surface area contributed by atoms with Crippen LogP contribution >= 0.6 is 12.2 Å². The molecular weight excluding hydrogens is 537 g/mol. The van der Waals surface area contributed by atoms with Crippen LogP contribution in [0.4, 0.5) is 17.2 Å². The molecule has 7 nitrogen and oxygen atoms in total. The van der Waals surface area contributed by atoms with Gasteiger partial charge in [-0.2, -0.15) is 0 Å². The number of nitro groups is 1. The second-order valence-electron chi connectivity index (χ2n) is 10.8. The van der Waals surface area contributed by atoms with Crippen LogP contribution in [0.1, 0.15) is 37.6 Å². The minimum absolute atomic E-state index is 0.0182. The summed E-state index contributed by atoms with van der Waals surface area (Å²) in [4.78, 5) is 15.4. The molecule has 0 aliphatic rings. The Morgan fingerprint density at radius 2 is 1.38 bits per heavy atom. The van der Waals surface area contributed by atoms with Crippen molar-refractivity contribution >= 4 is 53.2 Å². The Morgan fingerprint density at radius 3 is 1.85 bits per heavy atom. The number of non-ortho nitro benzene ring substituents is 1. The molecule has 0 saturated carbocycles. The lowest BCUT2D eigenvalue weighted by Crippen LogP contribution is -2.69. The van der Waals surface area contributed by atoms with E-state index in [4.69, 9.17) is 21.6 Å². The van der Waals surface area contributed by atoms with Crippen LogP contribution in [0.5, 0.6) is 5.75 Å². The summed E-state index contributed by atoms with van der Waals surface area (Å²) in [6.07, 6.45) is 0. The summed E-state index contributed by atoms with van der Waals surface area (Å²) >= 11 is 5.53. The molecule has 0 bridgehead atoms. The molecule has 0 saturated heterocycles. The number of aromatic nitrogens is 1. The summed E-state index contributed by atoms with van der Waals surface area (Å²) in [5.74, 6) is 1.41. The molecule has 206 valence electrons. The maximum atomic E-state index is 10.9. The van der Waals surface area contributed by atoms with E-state index in [2.05, 4.69) is 86.9 Å². The monoisotopic (exact) mass is 570 g/mol. The molecule has 0 aliphatic carbocycles. The minimum Gasteiger partial charge on any atom is -0.533 e. The lowest BCUT2D eigenvalue weighted by Gasteiger charge is -2.43. The number of nitrogens with one attached hydrogen (secondary N) is 2. The summed E-state index contributed by atoms with van der Waals surface area (Å²) in [7, 11) is -2.84. The number of hydrogen-bond donors (Lipinski definition) is 2. The van der Waals surface area contributed by atoms with Crippen molar-refractivity contribution in [3.8, 4) is 5.75 Å². The zero-order valence-corrected chi connectivity index (χ0v) is 25.4. The SMILES string of the molecule is Cc1nc(NC(=S)Nc2ccc([N+](=O)[O-])cc2)c(C)c(C)c1O[Si](c1ccccc1)(c1ccccc1)C(C)(C)C. The summed E-state index contributed by atoms with van der Waals surface area (Å²) in [6, 6.07) is 27.2. The van der Waals surface area contributed by atoms with Crippen molar-refractivity contribution < 1.29 is 9.35 Å². The standard InChI is InChI=1S/C31H34N4O3SSi/c1-21-22(2)29(34-30(39)33-24-17-19-25(20-18-24)35(36)37)32-23(3)28(21)38-40(31(4,5)6,26-13-9-7-10-14-26)27-15-11-8-12-16-27/h7-20H,1-6H3,(H2,32,33,34,39). The van der Waals surface area contributed by atoms with E-state index < -0.39 is 13.2 Å². The highest BCUT2D eigenvalue weighted by Gasteiger charge is 2.52. The van der Waals surface area contributed by atoms with Crippen LogP contribution in [0.3, 0.4) is 0 Å². The first kappa shape index (κ1) is 28.9. The van der Waals surface area contributed by atoms with E-state index in [0.29, 0.717) is 16.6 Å². The van der Waals surface area contributed by atoms with Crippen molar-refractivity contribution in [3.63, 3.8) is 0 Å². The molecule has 0 unspecified atom stereocenters. The minimum atomic E-state index is -2.84. The molecule has 1 aromatic heterocycles. The molecule has 3 aromatic carbocycles. The Hall–Kier alpha value is -4.08. The highest BCUT2D eigenvalue weighted by molar-refractivity contribution is 7.80. The fourth-order valence-corrected chi connectivity index (χ4v) is 9.69. The summed E-state index contributed by atoms with van der Waals surface area (Å²) in [5.41, 5.74) is 3.33. The van der Waals surface area contributed by atoms with Gasteiger partial charge in [0.15, 0.2) is 5.11 Å². The van der Waals surface area contributed by atoms with E-state index in [9.17, 15) is 10.1 Å². The van der Waals surface area contributed by atoms with Gasteiger partial charge in [0.1, 0.15) is 11.6 Å². The quantitative estimate of drug-likeness (QED) is 0.111. The molecule has 0 spiro atoms. The molecule has 0 aliphatic heterocycles. The number of nitrogens with zero attached hydrogens (tertiary/aromatic N) is 2. The average molecular weight is 571 g/mol. The number of benzene rings is 3. The van der Waals surface area contributed by atoms with Crippen LogP contribution < -0.4 is 25.4 Å². The second kappa shape index (κ2) is 11.6. The van der Waals surface area contributed by atoms with Crippen molar-refractivity contribution in [1.29, 1.82) is 0 Å². The average Bonchev–Trinajstić information content (AvgIpc) is 2.92. The van der Waals surface area contributed by atoms with Gasteiger partial charge in [-0.15, -0.1) is 0 Å². The lowest BCUT2D eigenvalue weighted by atomic mass is 10.1. The van der Waals surface area contributed by atoms with E-state index in [1.165, 1.54) is 22.5 Å². The summed E-state index contributed by atoms with van der Waals surface area (Å²) < 4.78 is 7.31. The first-order chi connectivity index (χ1) is 18.9. The van der Waals surface area contributed by atoms with Crippen molar-refractivity contribution in [1.82, 2.24) is 4.98 Å². The topological polar surface area (TPSA) is 89.3 Å². The van der Waals surface area contributed by atoms with Gasteiger partial charge < -0.3 is 15.1 Å². The van der Waals surface area contributed by atoms with Crippen molar-refractivity contribution in [3.05, 3.63) is 112 Å². The van der Waals surface area contributed by atoms with Crippen LogP contribution in [0.15, 0.2) is 84.9 Å².